The molecule has 1 atom stereocenters. The number of unbranched alkanes of at least 4 members (excludes halogenated alkanes) is 2. The minimum absolute atomic E-state index is 0.0168. The fourth-order valence-corrected chi connectivity index (χ4v) is 4.52. The highest BCUT2D eigenvalue weighted by Crippen LogP contribution is 2.11. The third-order valence-corrected chi connectivity index (χ3v) is 7.02. The molecule has 0 aliphatic carbocycles. The average molecular weight is 683 g/mol. The molecule has 0 aliphatic rings. The van der Waals surface area contributed by atoms with Gasteiger partial charge in [0, 0.05) is 26.9 Å². The number of ether oxygens (including phenoxy) is 2. The second-order valence-electron chi connectivity index (χ2n) is 11.3. The van der Waals surface area contributed by atoms with Crippen LogP contribution in [0.4, 0.5) is 0 Å². The standard InChI is InChI=1S/C35H46N4O10/c1-25(40)47-23-32(43)36-20-9-8-14-30(38-33(44)24-48-26(2)41)35(46)37-21-19-34(45)49-39-31(42)22-29-17-15-28(16-18-29)13-7-6-12-27-10-4-3-5-11-27/h3-5,10-11,15-18,30H,6-9,12-14,19-24H2,1-2H3,(H,36,43)(H,37,46)(H,38,44)(H,39,42)/t30-/m0/s1. The fourth-order valence-electron chi connectivity index (χ4n) is 4.52. The summed E-state index contributed by atoms with van der Waals surface area (Å²) in [6.45, 7) is 1.46. The Hall–Kier alpha value is -5.27. The molecule has 0 aromatic heterocycles. The number of hydrogen-bond donors (Lipinski definition) is 4. The van der Waals surface area contributed by atoms with Gasteiger partial charge in [0.15, 0.2) is 13.2 Å². The number of esters is 2. The van der Waals surface area contributed by atoms with Crippen LogP contribution in [0.25, 0.3) is 0 Å². The highest BCUT2D eigenvalue weighted by molar-refractivity contribution is 5.89. The van der Waals surface area contributed by atoms with Crippen LogP contribution in [0.2, 0.25) is 0 Å². The van der Waals surface area contributed by atoms with Crippen LogP contribution >= 0.6 is 0 Å². The van der Waals surface area contributed by atoms with Crippen LogP contribution in [-0.4, -0.2) is 73.9 Å². The van der Waals surface area contributed by atoms with Crippen molar-refractivity contribution < 1.29 is 47.9 Å². The maximum atomic E-state index is 12.8. The van der Waals surface area contributed by atoms with Gasteiger partial charge in [-0.05, 0) is 61.6 Å². The molecule has 0 unspecified atom stereocenters. The smallest absolute Gasteiger partial charge is 0.334 e. The number of nitrogens with one attached hydrogen (secondary N) is 4. The Morgan fingerprint density at radius 2 is 1.22 bits per heavy atom. The molecule has 0 aliphatic heterocycles. The molecule has 0 saturated heterocycles. The van der Waals surface area contributed by atoms with Crippen molar-refractivity contribution in [3.05, 3.63) is 71.3 Å². The number of rotatable bonds is 21. The van der Waals surface area contributed by atoms with E-state index in [4.69, 9.17) is 4.84 Å². The summed E-state index contributed by atoms with van der Waals surface area (Å²) in [6.07, 6.45) is 4.90. The van der Waals surface area contributed by atoms with Crippen molar-refractivity contribution in [3.63, 3.8) is 0 Å². The van der Waals surface area contributed by atoms with Gasteiger partial charge in [0.05, 0.1) is 12.8 Å². The number of carbonyl (C=O) groups is 7. The molecule has 0 spiro atoms. The van der Waals surface area contributed by atoms with Crippen molar-refractivity contribution >= 4 is 41.5 Å². The van der Waals surface area contributed by atoms with Gasteiger partial charge in [-0.3, -0.25) is 28.8 Å². The molecule has 14 nitrogen and oxygen atoms in total. The van der Waals surface area contributed by atoms with Crippen LogP contribution in [-0.2, 0) is 67.1 Å². The van der Waals surface area contributed by atoms with E-state index in [2.05, 4.69) is 43.0 Å². The number of benzene rings is 2. The molecule has 0 radical (unpaired) electrons. The van der Waals surface area contributed by atoms with Crippen LogP contribution in [0.5, 0.6) is 0 Å². The lowest BCUT2D eigenvalue weighted by molar-refractivity contribution is -0.158. The molecule has 4 amide bonds. The van der Waals surface area contributed by atoms with Gasteiger partial charge in [-0.1, -0.05) is 54.6 Å². The molecule has 2 aromatic rings. The van der Waals surface area contributed by atoms with E-state index in [1.807, 2.05) is 42.5 Å². The van der Waals surface area contributed by atoms with E-state index in [0.717, 1.165) is 38.2 Å². The first-order valence-electron chi connectivity index (χ1n) is 16.2. The molecule has 2 rings (SSSR count). The Kier molecular flexibility index (Phi) is 18.8. The lowest BCUT2D eigenvalue weighted by atomic mass is 10.0. The SMILES string of the molecule is CC(=O)OCC(=O)NCCCC[C@H](NC(=O)COC(C)=O)C(=O)NCCC(=O)ONC(=O)Cc1ccc(CCCCc2ccccc2)cc1. The molecule has 49 heavy (non-hydrogen) atoms. The van der Waals surface area contributed by atoms with Gasteiger partial charge in [-0.2, -0.15) is 5.48 Å². The van der Waals surface area contributed by atoms with E-state index in [1.54, 1.807) is 0 Å². The molecule has 0 fully saturated rings. The Balaban J connectivity index is 1.68. The minimum Gasteiger partial charge on any atom is -0.456 e. The molecule has 0 bridgehead atoms. The largest absolute Gasteiger partial charge is 0.456 e. The van der Waals surface area contributed by atoms with Crippen molar-refractivity contribution in [3.8, 4) is 0 Å². The van der Waals surface area contributed by atoms with Gasteiger partial charge < -0.3 is 30.3 Å². The number of hydrogen-bond acceptors (Lipinski definition) is 10. The summed E-state index contributed by atoms with van der Waals surface area (Å²) in [6, 6.07) is 17.0. The fraction of sp³-hybridized carbons (Fsp3) is 0.457. The van der Waals surface area contributed by atoms with Gasteiger partial charge in [0.25, 0.3) is 17.7 Å². The first kappa shape index (κ1) is 39.9. The number of amides is 4. The van der Waals surface area contributed by atoms with Crippen LogP contribution in [0.3, 0.4) is 0 Å². The maximum absolute atomic E-state index is 12.8. The second-order valence-corrected chi connectivity index (χ2v) is 11.3. The van der Waals surface area contributed by atoms with Crippen LogP contribution in [0.15, 0.2) is 54.6 Å². The van der Waals surface area contributed by atoms with E-state index < -0.39 is 60.8 Å². The summed E-state index contributed by atoms with van der Waals surface area (Å²) >= 11 is 0. The van der Waals surface area contributed by atoms with Crippen molar-refractivity contribution in [2.75, 3.05) is 26.3 Å². The predicted molar refractivity (Wildman–Crippen MR) is 177 cm³/mol. The van der Waals surface area contributed by atoms with E-state index >= 15 is 0 Å². The zero-order chi connectivity index (χ0) is 35.9. The highest BCUT2D eigenvalue weighted by Gasteiger charge is 2.21. The summed E-state index contributed by atoms with van der Waals surface area (Å²) in [7, 11) is 0. The summed E-state index contributed by atoms with van der Waals surface area (Å²) < 4.78 is 9.27. The lowest BCUT2D eigenvalue weighted by Gasteiger charge is -2.18. The van der Waals surface area contributed by atoms with Crippen molar-refractivity contribution in [1.82, 2.24) is 21.4 Å². The average Bonchev–Trinajstić information content (AvgIpc) is 3.07. The molecule has 266 valence electrons. The van der Waals surface area contributed by atoms with Crippen molar-refractivity contribution in [2.24, 2.45) is 0 Å². The first-order valence-corrected chi connectivity index (χ1v) is 16.2. The normalized spacial score (nSPS) is 11.0. The number of carbonyl (C=O) groups excluding carboxylic acids is 7. The predicted octanol–water partition coefficient (Wildman–Crippen LogP) is 1.77. The van der Waals surface area contributed by atoms with Crippen molar-refractivity contribution in [2.45, 2.75) is 77.7 Å². The monoisotopic (exact) mass is 682 g/mol. The van der Waals surface area contributed by atoms with Gasteiger partial charge in [-0.15, -0.1) is 0 Å². The van der Waals surface area contributed by atoms with Crippen molar-refractivity contribution in [1.29, 1.82) is 0 Å². The Bertz CT molecular complexity index is 1380. The molecule has 0 saturated carbocycles. The van der Waals surface area contributed by atoms with E-state index in [9.17, 15) is 33.6 Å². The summed E-state index contributed by atoms with van der Waals surface area (Å²) in [5, 5.41) is 7.58. The van der Waals surface area contributed by atoms with Crippen LogP contribution < -0.4 is 21.4 Å². The van der Waals surface area contributed by atoms with Gasteiger partial charge in [0.1, 0.15) is 6.04 Å². The highest BCUT2D eigenvalue weighted by atomic mass is 16.7. The Morgan fingerprint density at radius 1 is 0.633 bits per heavy atom. The lowest BCUT2D eigenvalue weighted by Crippen LogP contribution is -2.48. The zero-order valence-corrected chi connectivity index (χ0v) is 28.0. The topological polar surface area (TPSA) is 195 Å². The second kappa shape index (κ2) is 23.1. The van der Waals surface area contributed by atoms with E-state index in [0.29, 0.717) is 12.8 Å². The molecule has 0 heterocycles. The summed E-state index contributed by atoms with van der Waals surface area (Å²) in [5.74, 6) is -4.29. The zero-order valence-electron chi connectivity index (χ0n) is 28.0. The molecule has 4 N–H and O–H groups in total. The van der Waals surface area contributed by atoms with E-state index in [-0.39, 0.29) is 32.4 Å². The summed E-state index contributed by atoms with van der Waals surface area (Å²) in [5.41, 5.74) is 5.39. The maximum Gasteiger partial charge on any atom is 0.334 e. The third kappa shape index (κ3) is 19.2. The number of hydroxylamine groups is 1. The van der Waals surface area contributed by atoms with Gasteiger partial charge >= 0.3 is 17.9 Å². The Labute approximate surface area is 286 Å². The molecular weight excluding hydrogens is 636 g/mol. The quantitative estimate of drug-likeness (QED) is 0.0652. The van der Waals surface area contributed by atoms with Crippen LogP contribution in [0, 0.1) is 0 Å². The Morgan fingerprint density at radius 3 is 1.86 bits per heavy atom. The van der Waals surface area contributed by atoms with E-state index in [1.165, 1.54) is 18.1 Å². The third-order valence-electron chi connectivity index (χ3n) is 7.02. The van der Waals surface area contributed by atoms with Crippen LogP contribution in [0.1, 0.15) is 69.1 Å². The van der Waals surface area contributed by atoms with Gasteiger partial charge in [0.2, 0.25) is 5.91 Å². The summed E-state index contributed by atoms with van der Waals surface area (Å²) in [4.78, 5) is 87.6. The number of aryl methyl sites for hydroxylation is 2. The molecule has 14 heteroatoms. The van der Waals surface area contributed by atoms with Gasteiger partial charge in [-0.25, -0.2) is 4.79 Å². The first-order chi connectivity index (χ1) is 23.5. The minimum atomic E-state index is -1.02. The molecular formula is C35H46N4O10. The molecule has 2 aromatic carbocycles.